The molecular formula is C20H33N5OS. The Hall–Kier alpha value is -1.47. The van der Waals surface area contributed by atoms with Crippen molar-refractivity contribution in [2.45, 2.75) is 43.4 Å². The van der Waals surface area contributed by atoms with Gasteiger partial charge in [0.2, 0.25) is 0 Å². The van der Waals surface area contributed by atoms with Gasteiger partial charge < -0.3 is 20.3 Å². The minimum Gasteiger partial charge on any atom is -0.381 e. The SMILES string of the molecule is CN=C(NCC1(SC)CCOCC1)NC1CCN(c2ccc(C)cn2)CC1. The lowest BCUT2D eigenvalue weighted by Crippen LogP contribution is -2.52. The van der Waals surface area contributed by atoms with Crippen LogP contribution in [0.4, 0.5) is 5.82 Å². The number of hydrogen-bond donors (Lipinski definition) is 2. The quantitative estimate of drug-likeness (QED) is 0.594. The minimum absolute atomic E-state index is 0.260. The van der Waals surface area contributed by atoms with Crippen LogP contribution < -0.4 is 15.5 Å². The first-order valence-corrected chi connectivity index (χ1v) is 11.1. The number of aromatic nitrogens is 1. The largest absolute Gasteiger partial charge is 0.381 e. The first kappa shape index (κ1) is 20.3. The Morgan fingerprint density at radius 2 is 2.07 bits per heavy atom. The zero-order chi connectivity index (χ0) is 19.1. The van der Waals surface area contributed by atoms with E-state index in [1.54, 1.807) is 0 Å². The summed E-state index contributed by atoms with van der Waals surface area (Å²) in [6.45, 7) is 6.78. The van der Waals surface area contributed by atoms with Gasteiger partial charge in [-0.25, -0.2) is 4.98 Å². The standard InChI is InChI=1S/C20H33N5OS/c1-16-4-5-18(22-14-16)25-10-6-17(7-11-25)24-19(21-2)23-15-20(27-3)8-12-26-13-9-20/h4-5,14,17H,6-13,15H2,1-3H3,(H2,21,23,24). The maximum atomic E-state index is 5.54. The number of aryl methyl sites for hydroxylation is 1. The molecule has 0 aliphatic carbocycles. The predicted octanol–water partition coefficient (Wildman–Crippen LogP) is 2.44. The van der Waals surface area contributed by atoms with E-state index in [1.165, 1.54) is 5.56 Å². The van der Waals surface area contributed by atoms with E-state index in [1.807, 2.05) is 25.0 Å². The number of ether oxygens (including phenoxy) is 1. The Balaban J connectivity index is 1.46. The van der Waals surface area contributed by atoms with Crippen molar-refractivity contribution in [3.05, 3.63) is 23.9 Å². The van der Waals surface area contributed by atoms with Crippen LogP contribution in [0.2, 0.25) is 0 Å². The van der Waals surface area contributed by atoms with Crippen LogP contribution in [0.3, 0.4) is 0 Å². The van der Waals surface area contributed by atoms with Crippen LogP contribution in [0.1, 0.15) is 31.2 Å². The van der Waals surface area contributed by atoms with Gasteiger partial charge in [0.05, 0.1) is 0 Å². The Morgan fingerprint density at radius 1 is 1.33 bits per heavy atom. The van der Waals surface area contributed by atoms with Gasteiger partial charge in [-0.3, -0.25) is 4.99 Å². The smallest absolute Gasteiger partial charge is 0.191 e. The van der Waals surface area contributed by atoms with Crippen LogP contribution >= 0.6 is 11.8 Å². The van der Waals surface area contributed by atoms with Gasteiger partial charge >= 0.3 is 0 Å². The molecule has 150 valence electrons. The zero-order valence-corrected chi connectivity index (χ0v) is 17.6. The molecule has 0 radical (unpaired) electrons. The number of aliphatic imine (C=N–C) groups is 1. The third-order valence-corrected chi connectivity index (χ3v) is 7.11. The number of piperidine rings is 1. The average Bonchev–Trinajstić information content (AvgIpc) is 2.73. The van der Waals surface area contributed by atoms with Crippen LogP contribution in [0, 0.1) is 6.92 Å². The fourth-order valence-corrected chi connectivity index (χ4v) is 4.52. The predicted molar refractivity (Wildman–Crippen MR) is 115 cm³/mol. The molecule has 2 N–H and O–H groups in total. The molecule has 0 unspecified atom stereocenters. The van der Waals surface area contributed by atoms with Crippen molar-refractivity contribution in [1.29, 1.82) is 0 Å². The molecular weight excluding hydrogens is 358 g/mol. The minimum atomic E-state index is 0.260. The maximum Gasteiger partial charge on any atom is 0.191 e. The molecule has 7 heteroatoms. The van der Waals surface area contributed by atoms with E-state index >= 15 is 0 Å². The molecule has 0 bridgehead atoms. The van der Waals surface area contributed by atoms with Crippen molar-refractivity contribution in [1.82, 2.24) is 15.6 Å². The summed E-state index contributed by atoms with van der Waals surface area (Å²) in [4.78, 5) is 11.4. The van der Waals surface area contributed by atoms with Crippen molar-refractivity contribution in [3.63, 3.8) is 0 Å². The summed E-state index contributed by atoms with van der Waals surface area (Å²) in [7, 11) is 1.86. The first-order valence-electron chi connectivity index (χ1n) is 9.92. The molecule has 0 atom stereocenters. The van der Waals surface area contributed by atoms with Crippen LogP contribution in [-0.4, -0.2) is 67.9 Å². The van der Waals surface area contributed by atoms with E-state index in [2.05, 4.69) is 50.8 Å². The highest BCUT2D eigenvalue weighted by Gasteiger charge is 2.32. The van der Waals surface area contributed by atoms with Crippen molar-refractivity contribution in [3.8, 4) is 0 Å². The Kier molecular flexibility index (Phi) is 7.24. The molecule has 2 aliphatic heterocycles. The Bertz CT molecular complexity index is 607. The number of nitrogens with one attached hydrogen (secondary N) is 2. The third kappa shape index (κ3) is 5.51. The molecule has 0 aromatic carbocycles. The van der Waals surface area contributed by atoms with E-state index in [-0.39, 0.29) is 4.75 Å². The topological polar surface area (TPSA) is 61.8 Å². The van der Waals surface area contributed by atoms with E-state index < -0.39 is 0 Å². The molecule has 1 aromatic heterocycles. The lowest BCUT2D eigenvalue weighted by atomic mass is 9.99. The molecule has 2 saturated heterocycles. The normalized spacial score (nSPS) is 21.1. The fraction of sp³-hybridized carbons (Fsp3) is 0.700. The summed E-state index contributed by atoms with van der Waals surface area (Å²) in [5.41, 5.74) is 1.21. The summed E-state index contributed by atoms with van der Waals surface area (Å²) in [6, 6.07) is 4.72. The van der Waals surface area contributed by atoms with Crippen LogP contribution in [0.5, 0.6) is 0 Å². The van der Waals surface area contributed by atoms with Gasteiger partial charge in [0.15, 0.2) is 5.96 Å². The number of thioether (sulfide) groups is 1. The van der Waals surface area contributed by atoms with Gasteiger partial charge in [0.25, 0.3) is 0 Å². The molecule has 3 heterocycles. The van der Waals surface area contributed by atoms with Crippen molar-refractivity contribution in [2.75, 3.05) is 51.1 Å². The van der Waals surface area contributed by atoms with E-state index in [4.69, 9.17) is 4.74 Å². The lowest BCUT2D eigenvalue weighted by molar-refractivity contribution is 0.0782. The summed E-state index contributed by atoms with van der Waals surface area (Å²) in [6.07, 6.45) is 8.54. The second-order valence-electron chi connectivity index (χ2n) is 7.52. The maximum absolute atomic E-state index is 5.54. The van der Waals surface area contributed by atoms with Crippen molar-refractivity contribution < 1.29 is 4.74 Å². The molecule has 0 amide bonds. The number of guanidine groups is 1. The van der Waals surface area contributed by atoms with Gasteiger partial charge in [-0.1, -0.05) is 6.07 Å². The molecule has 0 spiro atoms. The highest BCUT2D eigenvalue weighted by Crippen LogP contribution is 2.33. The molecule has 27 heavy (non-hydrogen) atoms. The van der Waals surface area contributed by atoms with Gasteiger partial charge in [0.1, 0.15) is 5.82 Å². The van der Waals surface area contributed by atoms with Crippen LogP contribution in [0.15, 0.2) is 23.3 Å². The van der Waals surface area contributed by atoms with Crippen LogP contribution in [0.25, 0.3) is 0 Å². The van der Waals surface area contributed by atoms with Gasteiger partial charge in [-0.2, -0.15) is 11.8 Å². The summed E-state index contributed by atoms with van der Waals surface area (Å²) in [5.74, 6) is 2.00. The van der Waals surface area contributed by atoms with Crippen molar-refractivity contribution in [2.24, 2.45) is 4.99 Å². The summed E-state index contributed by atoms with van der Waals surface area (Å²) in [5, 5.41) is 7.18. The molecule has 6 nitrogen and oxygen atoms in total. The molecule has 2 aliphatic rings. The lowest BCUT2D eigenvalue weighted by Gasteiger charge is -2.37. The second kappa shape index (κ2) is 9.64. The number of hydrogen-bond acceptors (Lipinski definition) is 5. The zero-order valence-electron chi connectivity index (χ0n) is 16.8. The van der Waals surface area contributed by atoms with Gasteiger partial charge in [-0.05, 0) is 50.5 Å². The Labute approximate surface area is 167 Å². The highest BCUT2D eigenvalue weighted by molar-refractivity contribution is 8.00. The van der Waals surface area contributed by atoms with Crippen molar-refractivity contribution >= 4 is 23.5 Å². The molecule has 1 aromatic rings. The number of anilines is 1. The highest BCUT2D eigenvalue weighted by atomic mass is 32.2. The van der Waals surface area contributed by atoms with E-state index in [0.717, 1.165) is 70.3 Å². The molecule has 0 saturated carbocycles. The first-order chi connectivity index (χ1) is 13.1. The third-order valence-electron chi connectivity index (χ3n) is 5.69. The fourth-order valence-electron chi connectivity index (χ4n) is 3.73. The number of nitrogens with zero attached hydrogens (tertiary/aromatic N) is 3. The Morgan fingerprint density at radius 3 is 2.67 bits per heavy atom. The van der Waals surface area contributed by atoms with Crippen LogP contribution in [-0.2, 0) is 4.74 Å². The average molecular weight is 392 g/mol. The molecule has 3 rings (SSSR count). The van der Waals surface area contributed by atoms with Gasteiger partial charge in [-0.15, -0.1) is 0 Å². The second-order valence-corrected chi connectivity index (χ2v) is 8.80. The molecule has 2 fully saturated rings. The monoisotopic (exact) mass is 391 g/mol. The summed E-state index contributed by atoms with van der Waals surface area (Å²) >= 11 is 1.95. The van der Waals surface area contributed by atoms with Gasteiger partial charge in [0, 0.05) is 56.9 Å². The summed E-state index contributed by atoms with van der Waals surface area (Å²) < 4.78 is 5.80. The van der Waals surface area contributed by atoms with E-state index in [9.17, 15) is 0 Å². The number of rotatable bonds is 5. The number of pyridine rings is 1. The van der Waals surface area contributed by atoms with E-state index in [0.29, 0.717) is 6.04 Å².